The molecular weight excluding hydrogens is 297 g/mol. The Kier molecular flexibility index (Phi) is 5.66. The van der Waals surface area contributed by atoms with Gasteiger partial charge in [0.2, 0.25) is 5.16 Å². The lowest BCUT2D eigenvalue weighted by Crippen LogP contribution is -2.23. The van der Waals surface area contributed by atoms with Gasteiger partial charge in [0.15, 0.2) is 0 Å². The number of hydrogen-bond donors (Lipinski definition) is 1. The van der Waals surface area contributed by atoms with E-state index >= 15 is 0 Å². The van der Waals surface area contributed by atoms with E-state index < -0.39 is 23.2 Å². The molecule has 0 amide bonds. The monoisotopic (exact) mass is 312 g/mol. The first-order chi connectivity index (χ1) is 9.31. The van der Waals surface area contributed by atoms with Gasteiger partial charge in [-0.1, -0.05) is 31.5 Å². The molecule has 1 heterocycles. The summed E-state index contributed by atoms with van der Waals surface area (Å²) in [6.45, 7) is 1.94. The Morgan fingerprint density at radius 2 is 2.15 bits per heavy atom. The van der Waals surface area contributed by atoms with Gasteiger partial charge in [0, 0.05) is 0 Å². The SMILES string of the molecule is CCCC[C@H](Sc1nnc(C(F)(F)F)n1N)C(=O)OC. The van der Waals surface area contributed by atoms with Crippen LogP contribution in [0, 0.1) is 0 Å². The molecule has 0 aromatic carbocycles. The van der Waals surface area contributed by atoms with Gasteiger partial charge < -0.3 is 10.6 Å². The summed E-state index contributed by atoms with van der Waals surface area (Å²) in [5.41, 5.74) is 0. The molecule has 1 rings (SSSR count). The van der Waals surface area contributed by atoms with Crippen LogP contribution in [0.1, 0.15) is 32.0 Å². The van der Waals surface area contributed by atoms with E-state index in [0.29, 0.717) is 11.1 Å². The molecule has 1 aromatic heterocycles. The number of aromatic nitrogens is 3. The standard InChI is InChI=1S/C10H15F3N4O2S/c1-3-4-5-6(7(18)19-2)20-9-16-15-8(17(9)14)10(11,12)13/h6H,3-5,14H2,1-2H3/t6-/m0/s1. The van der Waals surface area contributed by atoms with Crippen molar-refractivity contribution in [1.82, 2.24) is 14.9 Å². The number of nitrogens with zero attached hydrogens (tertiary/aromatic N) is 3. The van der Waals surface area contributed by atoms with E-state index in [1.165, 1.54) is 7.11 Å². The summed E-state index contributed by atoms with van der Waals surface area (Å²) in [6.07, 6.45) is -2.65. The third-order valence-electron chi connectivity index (χ3n) is 2.45. The molecule has 0 radical (unpaired) electrons. The number of esters is 1. The molecule has 1 atom stereocenters. The average Bonchev–Trinajstić information content (AvgIpc) is 2.74. The average molecular weight is 312 g/mol. The minimum absolute atomic E-state index is 0.177. The molecule has 0 saturated carbocycles. The fourth-order valence-electron chi connectivity index (χ4n) is 1.42. The van der Waals surface area contributed by atoms with E-state index in [9.17, 15) is 18.0 Å². The normalized spacial score (nSPS) is 13.2. The first-order valence-corrected chi connectivity index (χ1v) is 6.71. The van der Waals surface area contributed by atoms with E-state index in [4.69, 9.17) is 5.84 Å². The van der Waals surface area contributed by atoms with E-state index in [1.807, 2.05) is 6.92 Å². The molecule has 0 aliphatic carbocycles. The molecule has 0 saturated heterocycles. The van der Waals surface area contributed by atoms with Crippen LogP contribution < -0.4 is 5.84 Å². The smallest absolute Gasteiger partial charge is 0.453 e. The van der Waals surface area contributed by atoms with E-state index in [1.54, 1.807) is 0 Å². The van der Waals surface area contributed by atoms with Crippen molar-refractivity contribution in [2.75, 3.05) is 13.0 Å². The lowest BCUT2D eigenvalue weighted by Gasteiger charge is -2.13. The fourth-order valence-corrected chi connectivity index (χ4v) is 2.44. The molecule has 0 aliphatic rings. The summed E-state index contributed by atoms with van der Waals surface area (Å²) in [5, 5.41) is 5.53. The zero-order valence-electron chi connectivity index (χ0n) is 11.0. The molecule has 0 spiro atoms. The number of methoxy groups -OCH3 is 1. The second kappa shape index (κ2) is 6.82. The van der Waals surface area contributed by atoms with Crippen molar-refractivity contribution < 1.29 is 22.7 Å². The minimum atomic E-state index is -4.69. The van der Waals surface area contributed by atoms with Gasteiger partial charge in [0.1, 0.15) is 5.25 Å². The molecule has 10 heteroatoms. The first kappa shape index (κ1) is 16.6. The lowest BCUT2D eigenvalue weighted by atomic mass is 10.2. The Balaban J connectivity index is 2.89. The van der Waals surface area contributed by atoms with Crippen molar-refractivity contribution >= 4 is 17.7 Å². The van der Waals surface area contributed by atoms with E-state index in [0.717, 1.165) is 24.6 Å². The second-order valence-electron chi connectivity index (χ2n) is 3.95. The molecule has 1 aromatic rings. The summed E-state index contributed by atoms with van der Waals surface area (Å²) >= 11 is 0.815. The maximum absolute atomic E-state index is 12.5. The maximum atomic E-state index is 12.5. The number of carbonyl (C=O) groups excluding carboxylic acids is 1. The van der Waals surface area contributed by atoms with Crippen LogP contribution in [0.3, 0.4) is 0 Å². The van der Waals surface area contributed by atoms with Crippen LogP contribution in [0.25, 0.3) is 0 Å². The topological polar surface area (TPSA) is 83.0 Å². The van der Waals surface area contributed by atoms with E-state index in [-0.39, 0.29) is 5.16 Å². The zero-order valence-corrected chi connectivity index (χ0v) is 11.8. The predicted octanol–water partition coefficient (Wildman–Crippen LogP) is 1.83. The minimum Gasteiger partial charge on any atom is -0.468 e. The van der Waals surface area contributed by atoms with Gasteiger partial charge in [-0.2, -0.15) is 13.2 Å². The molecule has 0 bridgehead atoms. The van der Waals surface area contributed by atoms with Crippen LogP contribution in [0.2, 0.25) is 0 Å². The van der Waals surface area contributed by atoms with E-state index in [2.05, 4.69) is 14.9 Å². The number of ether oxygens (including phenoxy) is 1. The van der Waals surface area contributed by atoms with Crippen molar-refractivity contribution in [1.29, 1.82) is 0 Å². The van der Waals surface area contributed by atoms with Crippen molar-refractivity contribution in [3.05, 3.63) is 5.82 Å². The highest BCUT2D eigenvalue weighted by molar-refractivity contribution is 8.00. The highest BCUT2D eigenvalue weighted by atomic mass is 32.2. The molecule has 20 heavy (non-hydrogen) atoms. The van der Waals surface area contributed by atoms with Crippen LogP contribution >= 0.6 is 11.8 Å². The number of hydrogen-bond acceptors (Lipinski definition) is 6. The number of nitrogen functional groups attached to an aromatic ring is 1. The number of nitrogens with two attached hydrogens (primary N) is 1. The van der Waals surface area contributed by atoms with Crippen molar-refractivity contribution in [3.8, 4) is 0 Å². The molecular formula is C10H15F3N4O2S. The van der Waals surface area contributed by atoms with Gasteiger partial charge in [-0.3, -0.25) is 4.79 Å². The summed E-state index contributed by atoms with van der Waals surface area (Å²) in [4.78, 5) is 11.6. The lowest BCUT2D eigenvalue weighted by molar-refractivity contribution is -0.146. The Hall–Kier alpha value is -1.45. The van der Waals surface area contributed by atoms with Gasteiger partial charge in [0.05, 0.1) is 7.11 Å². The number of carbonyl (C=O) groups is 1. The van der Waals surface area contributed by atoms with Crippen LogP contribution in [0.15, 0.2) is 5.16 Å². The molecule has 2 N–H and O–H groups in total. The summed E-state index contributed by atoms with van der Waals surface area (Å²) in [7, 11) is 1.22. The Morgan fingerprint density at radius 3 is 2.60 bits per heavy atom. The molecule has 0 fully saturated rings. The first-order valence-electron chi connectivity index (χ1n) is 5.83. The van der Waals surface area contributed by atoms with Crippen LogP contribution in [0.5, 0.6) is 0 Å². The second-order valence-corrected chi connectivity index (χ2v) is 5.12. The number of rotatable bonds is 6. The number of thioether (sulfide) groups is 1. The van der Waals surface area contributed by atoms with Crippen LogP contribution in [-0.2, 0) is 15.7 Å². The fraction of sp³-hybridized carbons (Fsp3) is 0.700. The number of alkyl halides is 3. The highest BCUT2D eigenvalue weighted by Gasteiger charge is 2.38. The van der Waals surface area contributed by atoms with Gasteiger partial charge in [-0.15, -0.1) is 10.2 Å². The van der Waals surface area contributed by atoms with Crippen LogP contribution in [-0.4, -0.2) is 33.2 Å². The van der Waals surface area contributed by atoms with Crippen LogP contribution in [0.4, 0.5) is 13.2 Å². The number of unbranched alkanes of at least 4 members (excludes halogenated alkanes) is 1. The Labute approximate surface area is 117 Å². The Morgan fingerprint density at radius 1 is 1.50 bits per heavy atom. The maximum Gasteiger partial charge on any atom is 0.453 e. The third-order valence-corrected chi connectivity index (χ3v) is 3.65. The van der Waals surface area contributed by atoms with Gasteiger partial charge in [-0.25, -0.2) is 4.68 Å². The highest BCUT2D eigenvalue weighted by Crippen LogP contribution is 2.31. The summed E-state index contributed by atoms with van der Waals surface area (Å²) < 4.78 is 42.5. The summed E-state index contributed by atoms with van der Waals surface area (Å²) in [5.74, 6) is 3.47. The van der Waals surface area contributed by atoms with Crippen molar-refractivity contribution in [3.63, 3.8) is 0 Å². The molecule has 0 unspecified atom stereocenters. The van der Waals surface area contributed by atoms with Gasteiger partial charge in [0.25, 0.3) is 5.82 Å². The largest absolute Gasteiger partial charge is 0.468 e. The zero-order chi connectivity index (χ0) is 15.3. The quantitative estimate of drug-likeness (QED) is 0.490. The molecule has 0 aliphatic heterocycles. The Bertz CT molecular complexity index is 464. The van der Waals surface area contributed by atoms with Crippen molar-refractivity contribution in [2.24, 2.45) is 0 Å². The summed E-state index contributed by atoms with van der Waals surface area (Å²) in [6, 6.07) is 0. The van der Waals surface area contributed by atoms with Gasteiger partial charge >= 0.3 is 12.1 Å². The predicted molar refractivity (Wildman–Crippen MR) is 66.4 cm³/mol. The van der Waals surface area contributed by atoms with Crippen molar-refractivity contribution in [2.45, 2.75) is 42.8 Å². The third kappa shape index (κ3) is 4.02. The van der Waals surface area contributed by atoms with Gasteiger partial charge in [-0.05, 0) is 6.42 Å². The molecule has 6 nitrogen and oxygen atoms in total. The molecule has 114 valence electrons. The number of halogens is 3.